The van der Waals surface area contributed by atoms with Crippen LogP contribution in [0.1, 0.15) is 37.8 Å². The van der Waals surface area contributed by atoms with Crippen LogP contribution in [0.25, 0.3) is 0 Å². The average Bonchev–Trinajstić information content (AvgIpc) is 2.57. The summed E-state index contributed by atoms with van der Waals surface area (Å²) in [6.07, 6.45) is 5.17. The van der Waals surface area contributed by atoms with Crippen molar-refractivity contribution in [3.05, 3.63) is 47.7 Å². The van der Waals surface area contributed by atoms with Gasteiger partial charge >= 0.3 is 0 Å². The minimum atomic E-state index is 0.371. The number of nitrogen functional groups attached to an aromatic ring is 1. The van der Waals surface area contributed by atoms with Crippen molar-refractivity contribution in [3.63, 3.8) is 0 Å². The molecule has 0 amide bonds. The molecule has 1 aliphatic heterocycles. The molecule has 2 heterocycles. The molecule has 0 unspecified atom stereocenters. The van der Waals surface area contributed by atoms with Gasteiger partial charge in [-0.3, -0.25) is 4.90 Å². The highest BCUT2D eigenvalue weighted by molar-refractivity contribution is 5.35. The third-order valence-corrected chi connectivity index (χ3v) is 4.59. The zero-order chi connectivity index (χ0) is 17.6. The molecule has 2 aromatic rings. The number of nitrogens with two attached hydrogens (primary N) is 1. The van der Waals surface area contributed by atoms with Crippen LogP contribution in [-0.2, 0) is 13.0 Å². The zero-order valence-electron chi connectivity index (χ0n) is 15.3. The molecule has 25 heavy (non-hydrogen) atoms. The lowest BCUT2D eigenvalue weighted by molar-refractivity contribution is 0.208. The van der Waals surface area contributed by atoms with Crippen LogP contribution in [0.3, 0.4) is 0 Å². The molecule has 0 aliphatic carbocycles. The molecule has 0 spiro atoms. The van der Waals surface area contributed by atoms with E-state index in [1.54, 1.807) is 12.3 Å². The van der Waals surface area contributed by atoms with E-state index >= 15 is 0 Å². The summed E-state index contributed by atoms with van der Waals surface area (Å²) in [6.45, 7) is 7.67. The standard InChI is InChI=1S/C20H29N5/c1-15(2)12-16-5-7-17(8-6-16)13-25-11-3-4-18(14-25)23-20-22-10-9-19(21)24-20/h5-10,15,18H,3-4,11-14H2,1-2H3,(H3,21,22,23,24)/t18-/m1/s1. The van der Waals surface area contributed by atoms with Crippen LogP contribution in [0.2, 0.25) is 0 Å². The predicted molar refractivity (Wildman–Crippen MR) is 103 cm³/mol. The molecule has 3 rings (SSSR count). The summed E-state index contributed by atoms with van der Waals surface area (Å²) in [4.78, 5) is 11.0. The van der Waals surface area contributed by atoms with Crippen LogP contribution in [0.15, 0.2) is 36.5 Å². The minimum Gasteiger partial charge on any atom is -0.384 e. The number of anilines is 2. The second-order valence-electron chi connectivity index (χ2n) is 7.44. The van der Waals surface area contributed by atoms with E-state index in [0.717, 1.165) is 32.5 Å². The number of nitrogens with zero attached hydrogens (tertiary/aromatic N) is 3. The van der Waals surface area contributed by atoms with E-state index < -0.39 is 0 Å². The molecule has 1 aromatic heterocycles. The van der Waals surface area contributed by atoms with E-state index in [-0.39, 0.29) is 0 Å². The van der Waals surface area contributed by atoms with Gasteiger partial charge in [-0.25, -0.2) is 4.98 Å². The summed E-state index contributed by atoms with van der Waals surface area (Å²) in [5.41, 5.74) is 8.54. The van der Waals surface area contributed by atoms with E-state index in [0.29, 0.717) is 23.7 Å². The maximum absolute atomic E-state index is 5.73. The molecule has 1 fully saturated rings. The summed E-state index contributed by atoms with van der Waals surface area (Å²) in [6, 6.07) is 11.2. The predicted octanol–water partition coefficient (Wildman–Crippen LogP) is 3.33. The first kappa shape index (κ1) is 17.7. The smallest absolute Gasteiger partial charge is 0.224 e. The molecule has 3 N–H and O–H groups in total. The van der Waals surface area contributed by atoms with Crippen molar-refractivity contribution in [2.24, 2.45) is 5.92 Å². The number of likely N-dealkylation sites (tertiary alicyclic amines) is 1. The Kier molecular flexibility index (Phi) is 5.87. The highest BCUT2D eigenvalue weighted by atomic mass is 15.2. The largest absolute Gasteiger partial charge is 0.384 e. The van der Waals surface area contributed by atoms with Crippen molar-refractivity contribution in [1.82, 2.24) is 14.9 Å². The van der Waals surface area contributed by atoms with Crippen LogP contribution in [0.4, 0.5) is 11.8 Å². The number of nitrogens with one attached hydrogen (secondary N) is 1. The molecule has 0 saturated carbocycles. The summed E-state index contributed by atoms with van der Waals surface area (Å²) < 4.78 is 0. The third-order valence-electron chi connectivity index (χ3n) is 4.59. The van der Waals surface area contributed by atoms with Gasteiger partial charge in [-0.05, 0) is 48.9 Å². The van der Waals surface area contributed by atoms with Gasteiger partial charge in [-0.15, -0.1) is 0 Å². The van der Waals surface area contributed by atoms with Gasteiger partial charge in [0.25, 0.3) is 0 Å². The molecule has 1 saturated heterocycles. The Hall–Kier alpha value is -2.14. The highest BCUT2D eigenvalue weighted by Gasteiger charge is 2.20. The molecule has 0 radical (unpaired) electrons. The first-order valence-electron chi connectivity index (χ1n) is 9.23. The number of hydrogen-bond donors (Lipinski definition) is 2. The van der Waals surface area contributed by atoms with Gasteiger partial charge in [0.1, 0.15) is 5.82 Å². The first-order chi connectivity index (χ1) is 12.1. The fourth-order valence-corrected chi connectivity index (χ4v) is 3.45. The number of aromatic nitrogens is 2. The number of benzene rings is 1. The van der Waals surface area contributed by atoms with Crippen LogP contribution in [0.5, 0.6) is 0 Å². The van der Waals surface area contributed by atoms with E-state index in [1.807, 2.05) is 0 Å². The zero-order valence-corrected chi connectivity index (χ0v) is 15.3. The lowest BCUT2D eigenvalue weighted by Gasteiger charge is -2.33. The maximum atomic E-state index is 5.73. The van der Waals surface area contributed by atoms with Crippen molar-refractivity contribution in [1.29, 1.82) is 0 Å². The SMILES string of the molecule is CC(C)Cc1ccc(CN2CCC[C@@H](Nc3nccc(N)n3)C2)cc1. The second-order valence-corrected chi connectivity index (χ2v) is 7.44. The lowest BCUT2D eigenvalue weighted by atomic mass is 10.0. The first-order valence-corrected chi connectivity index (χ1v) is 9.23. The Balaban J connectivity index is 1.54. The Bertz CT molecular complexity index is 668. The monoisotopic (exact) mass is 339 g/mol. The highest BCUT2D eigenvalue weighted by Crippen LogP contribution is 2.17. The second kappa shape index (κ2) is 8.30. The van der Waals surface area contributed by atoms with Crippen LogP contribution in [-0.4, -0.2) is 34.0 Å². The van der Waals surface area contributed by atoms with Crippen LogP contribution >= 0.6 is 0 Å². The normalized spacial score (nSPS) is 18.4. The van der Waals surface area contributed by atoms with Gasteiger partial charge in [0.05, 0.1) is 0 Å². The van der Waals surface area contributed by atoms with Crippen molar-refractivity contribution >= 4 is 11.8 Å². The topological polar surface area (TPSA) is 67.1 Å². The van der Waals surface area contributed by atoms with Crippen LogP contribution in [0, 0.1) is 5.92 Å². The van der Waals surface area contributed by atoms with Gasteiger partial charge in [-0.2, -0.15) is 4.98 Å². The summed E-state index contributed by atoms with van der Waals surface area (Å²) in [5.74, 6) is 1.84. The maximum Gasteiger partial charge on any atom is 0.224 e. The van der Waals surface area contributed by atoms with Crippen LogP contribution < -0.4 is 11.1 Å². The third kappa shape index (κ3) is 5.43. The van der Waals surface area contributed by atoms with Gasteiger partial charge in [-0.1, -0.05) is 38.1 Å². The quantitative estimate of drug-likeness (QED) is 0.845. The van der Waals surface area contributed by atoms with Gasteiger partial charge in [0.15, 0.2) is 0 Å². The van der Waals surface area contributed by atoms with E-state index in [9.17, 15) is 0 Å². The van der Waals surface area contributed by atoms with Gasteiger partial charge < -0.3 is 11.1 Å². The minimum absolute atomic E-state index is 0.371. The molecule has 1 aromatic carbocycles. The summed E-state index contributed by atoms with van der Waals surface area (Å²) in [7, 11) is 0. The number of rotatable bonds is 6. The Morgan fingerprint density at radius 1 is 1.20 bits per heavy atom. The Morgan fingerprint density at radius 2 is 1.96 bits per heavy atom. The molecular formula is C20H29N5. The fraction of sp³-hybridized carbons (Fsp3) is 0.500. The molecule has 5 nitrogen and oxygen atoms in total. The van der Waals surface area contributed by atoms with E-state index in [2.05, 4.69) is 58.3 Å². The van der Waals surface area contributed by atoms with Gasteiger partial charge in [0, 0.05) is 25.3 Å². The van der Waals surface area contributed by atoms with E-state index in [4.69, 9.17) is 5.73 Å². The molecule has 5 heteroatoms. The molecule has 0 bridgehead atoms. The van der Waals surface area contributed by atoms with E-state index in [1.165, 1.54) is 17.5 Å². The lowest BCUT2D eigenvalue weighted by Crippen LogP contribution is -2.41. The van der Waals surface area contributed by atoms with Crippen molar-refractivity contribution < 1.29 is 0 Å². The molecule has 134 valence electrons. The Labute approximate surface area is 150 Å². The fourth-order valence-electron chi connectivity index (χ4n) is 3.45. The Morgan fingerprint density at radius 3 is 2.68 bits per heavy atom. The molecule has 1 aliphatic rings. The van der Waals surface area contributed by atoms with Gasteiger partial charge in [0.2, 0.25) is 5.95 Å². The van der Waals surface area contributed by atoms with Crippen molar-refractivity contribution in [2.75, 3.05) is 24.1 Å². The van der Waals surface area contributed by atoms with Crippen molar-refractivity contribution in [3.8, 4) is 0 Å². The summed E-state index contributed by atoms with van der Waals surface area (Å²) >= 11 is 0. The van der Waals surface area contributed by atoms with Crippen molar-refractivity contribution in [2.45, 2.75) is 45.7 Å². The average molecular weight is 339 g/mol. The molecule has 1 atom stereocenters. The summed E-state index contributed by atoms with van der Waals surface area (Å²) in [5, 5.41) is 3.42. The number of piperidine rings is 1. The molecular weight excluding hydrogens is 310 g/mol. The number of hydrogen-bond acceptors (Lipinski definition) is 5.